The average Bonchev–Trinajstić information content (AvgIpc) is 2.93. The smallest absolute Gasteiger partial charge is 0.243 e. The Kier molecular flexibility index (Phi) is 11.3. The van der Waals surface area contributed by atoms with Crippen LogP contribution in [0.2, 0.25) is 0 Å². The molecule has 3 aromatic carbocycles. The summed E-state index contributed by atoms with van der Waals surface area (Å²) in [7, 11) is -3.57. The van der Waals surface area contributed by atoms with Gasteiger partial charge in [-0.05, 0) is 55.2 Å². The molecule has 0 radical (unpaired) electrons. The summed E-state index contributed by atoms with van der Waals surface area (Å²) in [6.07, 6.45) is 2.49. The third-order valence-corrected chi connectivity index (χ3v) is 7.75. The second-order valence-corrected chi connectivity index (χ2v) is 11.8. The SMILES string of the molecule is CCCNC(=O)[C@H](Cc1ccccc1)N(Cc1ccc(F)cc1)C(=O)CCCN(c1ccc(C)cc1)S(C)(=O)=O. The highest BCUT2D eigenvalue weighted by molar-refractivity contribution is 7.92. The van der Waals surface area contributed by atoms with Crippen molar-refractivity contribution in [1.82, 2.24) is 10.2 Å². The van der Waals surface area contributed by atoms with Gasteiger partial charge in [-0.3, -0.25) is 13.9 Å². The Bertz CT molecular complexity index is 1350. The second-order valence-electron chi connectivity index (χ2n) is 9.92. The number of hydrogen-bond donors (Lipinski definition) is 1. The molecule has 0 aliphatic carbocycles. The van der Waals surface area contributed by atoms with Crippen LogP contribution in [-0.4, -0.2) is 50.5 Å². The summed E-state index contributed by atoms with van der Waals surface area (Å²) >= 11 is 0. The van der Waals surface area contributed by atoms with Gasteiger partial charge in [0.25, 0.3) is 0 Å². The third-order valence-electron chi connectivity index (χ3n) is 6.56. The zero-order valence-corrected chi connectivity index (χ0v) is 24.2. The Morgan fingerprint density at radius 2 is 1.57 bits per heavy atom. The summed E-state index contributed by atoms with van der Waals surface area (Å²) in [6, 6.07) is 21.7. The number of carbonyl (C=O) groups excluding carboxylic acids is 2. The van der Waals surface area contributed by atoms with Crippen LogP contribution in [0.15, 0.2) is 78.9 Å². The van der Waals surface area contributed by atoms with Gasteiger partial charge >= 0.3 is 0 Å². The topological polar surface area (TPSA) is 86.8 Å². The number of nitrogens with zero attached hydrogens (tertiary/aromatic N) is 2. The van der Waals surface area contributed by atoms with Crippen molar-refractivity contribution in [3.8, 4) is 0 Å². The fraction of sp³-hybridized carbons (Fsp3) is 0.355. The van der Waals surface area contributed by atoms with Crippen LogP contribution in [0.25, 0.3) is 0 Å². The molecule has 3 rings (SSSR count). The van der Waals surface area contributed by atoms with Crippen molar-refractivity contribution < 1.29 is 22.4 Å². The number of rotatable bonds is 14. The zero-order chi connectivity index (χ0) is 29.1. The fourth-order valence-electron chi connectivity index (χ4n) is 4.42. The first kappa shape index (κ1) is 30.8. The molecule has 0 heterocycles. The number of amides is 2. The van der Waals surface area contributed by atoms with E-state index in [0.29, 0.717) is 24.2 Å². The van der Waals surface area contributed by atoms with Crippen LogP contribution in [0.5, 0.6) is 0 Å². The summed E-state index contributed by atoms with van der Waals surface area (Å²) < 4.78 is 40.0. The van der Waals surface area contributed by atoms with E-state index in [1.807, 2.05) is 56.3 Å². The molecule has 0 saturated carbocycles. The number of hydrogen-bond acceptors (Lipinski definition) is 4. The van der Waals surface area contributed by atoms with Crippen LogP contribution in [0.3, 0.4) is 0 Å². The van der Waals surface area contributed by atoms with E-state index in [1.54, 1.807) is 24.3 Å². The molecule has 0 spiro atoms. The molecule has 7 nitrogen and oxygen atoms in total. The van der Waals surface area contributed by atoms with Crippen molar-refractivity contribution >= 4 is 27.5 Å². The standard InChI is InChI=1S/C31H38FN3O4S/c1-4-20-33-31(37)29(22-25-9-6-5-7-10-25)34(23-26-14-16-27(32)17-15-26)30(36)11-8-21-35(40(3,38)39)28-18-12-24(2)13-19-28/h5-7,9-10,12-19,29H,4,8,11,20-23H2,1-3H3,(H,33,37)/t29-/m0/s1. The Labute approximate surface area is 237 Å². The van der Waals surface area contributed by atoms with Gasteiger partial charge in [0.2, 0.25) is 21.8 Å². The lowest BCUT2D eigenvalue weighted by molar-refractivity contribution is -0.141. The zero-order valence-electron chi connectivity index (χ0n) is 23.3. The van der Waals surface area contributed by atoms with E-state index in [1.165, 1.54) is 21.3 Å². The summed E-state index contributed by atoms with van der Waals surface area (Å²) in [4.78, 5) is 28.6. The number of halogens is 1. The molecular weight excluding hydrogens is 529 g/mol. The monoisotopic (exact) mass is 567 g/mol. The molecule has 0 fully saturated rings. The predicted molar refractivity (Wildman–Crippen MR) is 157 cm³/mol. The molecule has 0 saturated heterocycles. The van der Waals surface area contributed by atoms with Gasteiger partial charge in [-0.25, -0.2) is 12.8 Å². The molecule has 40 heavy (non-hydrogen) atoms. The maximum Gasteiger partial charge on any atom is 0.243 e. The Balaban J connectivity index is 1.85. The highest BCUT2D eigenvalue weighted by atomic mass is 32.2. The number of benzene rings is 3. The van der Waals surface area contributed by atoms with E-state index in [9.17, 15) is 22.4 Å². The summed E-state index contributed by atoms with van der Waals surface area (Å²) in [5, 5.41) is 2.92. The van der Waals surface area contributed by atoms with Crippen molar-refractivity contribution in [2.24, 2.45) is 0 Å². The molecule has 0 aliphatic heterocycles. The van der Waals surface area contributed by atoms with Gasteiger partial charge in [-0.2, -0.15) is 0 Å². The Hall–Kier alpha value is -3.72. The third kappa shape index (κ3) is 9.19. The minimum absolute atomic E-state index is 0.0332. The van der Waals surface area contributed by atoms with Crippen molar-refractivity contribution in [2.75, 3.05) is 23.7 Å². The number of sulfonamides is 1. The van der Waals surface area contributed by atoms with E-state index in [2.05, 4.69) is 5.32 Å². The van der Waals surface area contributed by atoms with Crippen LogP contribution in [0.4, 0.5) is 10.1 Å². The lowest BCUT2D eigenvalue weighted by atomic mass is 10.0. The maximum atomic E-state index is 13.7. The van der Waals surface area contributed by atoms with Crippen LogP contribution in [-0.2, 0) is 32.6 Å². The van der Waals surface area contributed by atoms with E-state index < -0.39 is 16.1 Å². The molecule has 3 aromatic rings. The first-order valence-electron chi connectivity index (χ1n) is 13.5. The molecule has 2 amide bonds. The molecule has 0 bridgehead atoms. The largest absolute Gasteiger partial charge is 0.354 e. The minimum Gasteiger partial charge on any atom is -0.354 e. The molecule has 0 aromatic heterocycles. The Morgan fingerprint density at radius 1 is 0.925 bits per heavy atom. The minimum atomic E-state index is -3.57. The predicted octanol–water partition coefficient (Wildman–Crippen LogP) is 4.85. The van der Waals surface area contributed by atoms with E-state index in [-0.39, 0.29) is 43.6 Å². The first-order valence-corrected chi connectivity index (χ1v) is 15.3. The molecule has 9 heteroatoms. The van der Waals surface area contributed by atoms with E-state index >= 15 is 0 Å². The fourth-order valence-corrected chi connectivity index (χ4v) is 5.39. The van der Waals surface area contributed by atoms with E-state index in [0.717, 1.165) is 23.8 Å². The highest BCUT2D eigenvalue weighted by Gasteiger charge is 2.30. The average molecular weight is 568 g/mol. The van der Waals surface area contributed by atoms with Gasteiger partial charge in [-0.15, -0.1) is 0 Å². The molecule has 1 atom stereocenters. The second kappa shape index (κ2) is 14.6. The Morgan fingerprint density at radius 3 is 2.17 bits per heavy atom. The number of anilines is 1. The number of nitrogens with one attached hydrogen (secondary N) is 1. The van der Waals surface area contributed by atoms with Crippen LogP contribution >= 0.6 is 0 Å². The van der Waals surface area contributed by atoms with Crippen molar-refractivity contribution in [2.45, 2.75) is 52.1 Å². The van der Waals surface area contributed by atoms with Crippen molar-refractivity contribution in [3.63, 3.8) is 0 Å². The van der Waals surface area contributed by atoms with E-state index in [4.69, 9.17) is 0 Å². The maximum absolute atomic E-state index is 13.7. The van der Waals surface area contributed by atoms with Gasteiger partial charge in [0, 0.05) is 32.5 Å². The summed E-state index contributed by atoms with van der Waals surface area (Å²) in [5.41, 5.74) is 3.13. The molecular formula is C31H38FN3O4S. The summed E-state index contributed by atoms with van der Waals surface area (Å²) in [6.45, 7) is 4.58. The van der Waals surface area contributed by atoms with Crippen molar-refractivity contribution in [3.05, 3.63) is 101 Å². The van der Waals surface area contributed by atoms with Crippen LogP contribution in [0.1, 0.15) is 42.9 Å². The highest BCUT2D eigenvalue weighted by Crippen LogP contribution is 2.21. The van der Waals surface area contributed by atoms with Crippen LogP contribution < -0.4 is 9.62 Å². The van der Waals surface area contributed by atoms with Gasteiger partial charge in [0.05, 0.1) is 11.9 Å². The number of aryl methyl sites for hydroxylation is 1. The van der Waals surface area contributed by atoms with Gasteiger partial charge < -0.3 is 10.2 Å². The van der Waals surface area contributed by atoms with Crippen LogP contribution in [0, 0.1) is 12.7 Å². The quantitative estimate of drug-likeness (QED) is 0.302. The lowest BCUT2D eigenvalue weighted by Crippen LogP contribution is -2.50. The molecule has 0 unspecified atom stereocenters. The normalized spacial score (nSPS) is 12.0. The molecule has 0 aliphatic rings. The molecule has 214 valence electrons. The number of carbonyl (C=O) groups is 2. The molecule has 1 N–H and O–H groups in total. The van der Waals surface area contributed by atoms with Gasteiger partial charge in [0.1, 0.15) is 11.9 Å². The van der Waals surface area contributed by atoms with Gasteiger partial charge in [-0.1, -0.05) is 67.1 Å². The van der Waals surface area contributed by atoms with Crippen molar-refractivity contribution in [1.29, 1.82) is 0 Å². The van der Waals surface area contributed by atoms with Gasteiger partial charge in [0.15, 0.2) is 0 Å². The first-order chi connectivity index (χ1) is 19.1. The lowest BCUT2D eigenvalue weighted by Gasteiger charge is -2.32. The summed E-state index contributed by atoms with van der Waals surface area (Å²) in [5.74, 6) is -0.937.